The second-order valence-corrected chi connectivity index (χ2v) is 6.42. The van der Waals surface area contributed by atoms with Gasteiger partial charge in [-0.15, -0.1) is 0 Å². The number of nitriles is 1. The van der Waals surface area contributed by atoms with Crippen LogP contribution in [0.5, 0.6) is 0 Å². The molecule has 1 aliphatic carbocycles. The van der Waals surface area contributed by atoms with Crippen molar-refractivity contribution in [1.82, 2.24) is 10.2 Å². The molecular weight excluding hydrogens is 362 g/mol. The van der Waals surface area contributed by atoms with E-state index in [9.17, 15) is 20.0 Å². The molecule has 7 heteroatoms. The van der Waals surface area contributed by atoms with Crippen LogP contribution in [0.4, 0.5) is 9.59 Å². The molecule has 23 heavy (non-hydrogen) atoms. The Morgan fingerprint density at radius 3 is 2.39 bits per heavy atom. The van der Waals surface area contributed by atoms with Gasteiger partial charge in [0.2, 0.25) is 0 Å². The van der Waals surface area contributed by atoms with Gasteiger partial charge in [0, 0.05) is 10.5 Å². The predicted octanol–water partition coefficient (Wildman–Crippen LogP) is 4.04. The van der Waals surface area contributed by atoms with Gasteiger partial charge in [-0.25, -0.2) is 14.5 Å². The minimum atomic E-state index is -1.28. The first kappa shape index (κ1) is 17.3. The first-order valence-electron chi connectivity index (χ1n) is 7.50. The topological polar surface area (TPSA) is 93.4 Å². The minimum Gasteiger partial charge on any atom is -0.465 e. The van der Waals surface area contributed by atoms with Gasteiger partial charge in [-0.2, -0.15) is 5.26 Å². The van der Waals surface area contributed by atoms with Crippen molar-refractivity contribution < 1.29 is 14.7 Å². The van der Waals surface area contributed by atoms with Crippen molar-refractivity contribution in [2.75, 3.05) is 0 Å². The highest BCUT2D eigenvalue weighted by Crippen LogP contribution is 2.24. The van der Waals surface area contributed by atoms with E-state index >= 15 is 0 Å². The summed E-state index contributed by atoms with van der Waals surface area (Å²) in [7, 11) is 0. The number of carbonyl (C=O) groups excluding carboxylic acids is 1. The maximum atomic E-state index is 12.4. The predicted molar refractivity (Wildman–Crippen MR) is 87.8 cm³/mol. The van der Waals surface area contributed by atoms with E-state index in [1.807, 2.05) is 6.07 Å². The summed E-state index contributed by atoms with van der Waals surface area (Å²) in [6, 6.07) is 7.02. The number of carboxylic acid groups (broad SMARTS) is 1. The smallest absolute Gasteiger partial charge is 0.415 e. The molecule has 2 N–H and O–H groups in total. The van der Waals surface area contributed by atoms with E-state index in [4.69, 9.17) is 0 Å². The zero-order valence-electron chi connectivity index (χ0n) is 12.5. The third-order valence-corrected chi connectivity index (χ3v) is 4.49. The summed E-state index contributed by atoms with van der Waals surface area (Å²) < 4.78 is 0.860. The Hall–Kier alpha value is -2.07. The Labute approximate surface area is 143 Å². The van der Waals surface area contributed by atoms with E-state index in [1.54, 1.807) is 24.3 Å². The van der Waals surface area contributed by atoms with E-state index < -0.39 is 18.2 Å². The van der Waals surface area contributed by atoms with Crippen LogP contribution in [-0.2, 0) is 0 Å². The molecule has 0 radical (unpaired) electrons. The number of benzene rings is 1. The third kappa shape index (κ3) is 4.45. The lowest BCUT2D eigenvalue weighted by Crippen LogP contribution is -2.50. The van der Waals surface area contributed by atoms with Crippen LogP contribution in [0.2, 0.25) is 0 Å². The van der Waals surface area contributed by atoms with Crippen molar-refractivity contribution in [1.29, 1.82) is 5.26 Å². The molecule has 0 heterocycles. The number of hydrogen-bond donors (Lipinski definition) is 2. The molecule has 0 aliphatic heterocycles. The molecule has 3 amide bonds. The van der Waals surface area contributed by atoms with Crippen LogP contribution in [0.3, 0.4) is 0 Å². The van der Waals surface area contributed by atoms with Crippen LogP contribution in [0, 0.1) is 11.3 Å². The molecule has 0 saturated heterocycles. The summed E-state index contributed by atoms with van der Waals surface area (Å²) in [4.78, 5) is 24.7. The van der Waals surface area contributed by atoms with Gasteiger partial charge in [-0.1, -0.05) is 47.3 Å². The van der Waals surface area contributed by atoms with Crippen molar-refractivity contribution in [2.24, 2.45) is 0 Å². The van der Waals surface area contributed by atoms with Crippen molar-refractivity contribution in [3.8, 4) is 6.07 Å². The molecule has 2 rings (SSSR count). The molecular formula is C16H18BrN3O3. The Morgan fingerprint density at radius 1 is 1.26 bits per heavy atom. The summed E-state index contributed by atoms with van der Waals surface area (Å²) in [5.41, 5.74) is 0.609. The van der Waals surface area contributed by atoms with Crippen LogP contribution in [0.25, 0.3) is 0 Å². The molecule has 6 nitrogen and oxygen atoms in total. The summed E-state index contributed by atoms with van der Waals surface area (Å²) >= 11 is 3.31. The Morgan fingerprint density at radius 2 is 1.87 bits per heavy atom. The number of amides is 3. The molecule has 1 fully saturated rings. The highest BCUT2D eigenvalue weighted by atomic mass is 79.9. The first-order chi connectivity index (χ1) is 11.0. The lowest BCUT2D eigenvalue weighted by molar-refractivity contribution is 0.120. The summed E-state index contributed by atoms with van der Waals surface area (Å²) in [5.74, 6) is 0. The fraction of sp³-hybridized carbons (Fsp3) is 0.438. The molecule has 1 aliphatic rings. The maximum absolute atomic E-state index is 12.4. The molecule has 0 bridgehead atoms. The van der Waals surface area contributed by atoms with Crippen LogP contribution in [0.15, 0.2) is 28.7 Å². The summed E-state index contributed by atoms with van der Waals surface area (Å²) in [5, 5.41) is 21.2. The van der Waals surface area contributed by atoms with E-state index in [0.717, 1.165) is 28.6 Å². The molecule has 1 atom stereocenters. The zero-order chi connectivity index (χ0) is 16.8. The normalized spacial score (nSPS) is 16.2. The SMILES string of the molecule is N#C[C@@H](NC(=O)N(C(=O)O)C1CCCCC1)c1ccc(Br)cc1. The lowest BCUT2D eigenvalue weighted by atomic mass is 9.94. The molecule has 1 saturated carbocycles. The van der Waals surface area contributed by atoms with Gasteiger partial charge in [0.15, 0.2) is 0 Å². The van der Waals surface area contributed by atoms with E-state index in [1.165, 1.54) is 0 Å². The van der Waals surface area contributed by atoms with E-state index in [2.05, 4.69) is 21.2 Å². The lowest BCUT2D eigenvalue weighted by Gasteiger charge is -2.31. The van der Waals surface area contributed by atoms with E-state index in [0.29, 0.717) is 18.4 Å². The molecule has 1 aromatic carbocycles. The number of nitrogens with one attached hydrogen (secondary N) is 1. The van der Waals surface area contributed by atoms with Crippen molar-refractivity contribution >= 4 is 28.1 Å². The second kappa shape index (κ2) is 7.97. The van der Waals surface area contributed by atoms with Crippen molar-refractivity contribution in [3.63, 3.8) is 0 Å². The number of halogens is 1. The highest BCUT2D eigenvalue weighted by molar-refractivity contribution is 9.10. The zero-order valence-corrected chi connectivity index (χ0v) is 14.1. The Bertz CT molecular complexity index is 606. The minimum absolute atomic E-state index is 0.314. The third-order valence-electron chi connectivity index (χ3n) is 3.96. The summed E-state index contributed by atoms with van der Waals surface area (Å²) in [6.45, 7) is 0. The van der Waals surface area contributed by atoms with Crippen LogP contribution in [0.1, 0.15) is 43.7 Å². The molecule has 0 unspecified atom stereocenters. The van der Waals surface area contributed by atoms with Gasteiger partial charge in [0.05, 0.1) is 6.07 Å². The van der Waals surface area contributed by atoms with Gasteiger partial charge in [0.25, 0.3) is 0 Å². The monoisotopic (exact) mass is 379 g/mol. The number of carbonyl (C=O) groups is 2. The Kier molecular flexibility index (Phi) is 5.99. The maximum Gasteiger partial charge on any atom is 0.415 e. The molecule has 122 valence electrons. The molecule has 1 aromatic rings. The fourth-order valence-corrected chi connectivity index (χ4v) is 3.05. The average Bonchev–Trinajstić information content (AvgIpc) is 2.54. The van der Waals surface area contributed by atoms with Gasteiger partial charge < -0.3 is 10.4 Å². The van der Waals surface area contributed by atoms with Crippen LogP contribution < -0.4 is 5.32 Å². The number of imide groups is 1. The van der Waals surface area contributed by atoms with Gasteiger partial charge in [-0.3, -0.25) is 0 Å². The fourth-order valence-electron chi connectivity index (χ4n) is 2.79. The molecule has 0 aromatic heterocycles. The van der Waals surface area contributed by atoms with Gasteiger partial charge in [0.1, 0.15) is 6.04 Å². The highest BCUT2D eigenvalue weighted by Gasteiger charge is 2.32. The molecule has 0 spiro atoms. The van der Waals surface area contributed by atoms with Gasteiger partial charge in [-0.05, 0) is 30.5 Å². The number of hydrogen-bond acceptors (Lipinski definition) is 3. The number of urea groups is 1. The number of nitrogens with zero attached hydrogens (tertiary/aromatic N) is 2. The average molecular weight is 380 g/mol. The first-order valence-corrected chi connectivity index (χ1v) is 8.30. The quantitative estimate of drug-likeness (QED) is 0.828. The van der Waals surface area contributed by atoms with Gasteiger partial charge >= 0.3 is 12.1 Å². The largest absolute Gasteiger partial charge is 0.465 e. The van der Waals surface area contributed by atoms with E-state index in [-0.39, 0.29) is 6.04 Å². The number of rotatable bonds is 3. The summed E-state index contributed by atoms with van der Waals surface area (Å²) in [6.07, 6.45) is 2.96. The van der Waals surface area contributed by atoms with Crippen LogP contribution >= 0.6 is 15.9 Å². The van der Waals surface area contributed by atoms with Crippen LogP contribution in [-0.4, -0.2) is 28.2 Å². The standard InChI is InChI=1S/C16H18BrN3O3/c17-12-8-6-11(7-9-12)14(10-18)19-15(21)20(16(22)23)13-4-2-1-3-5-13/h6-9,13-14H,1-5H2,(H,19,21)(H,22,23)/t14-/m1/s1. The Balaban J connectivity index is 2.11. The second-order valence-electron chi connectivity index (χ2n) is 5.51. The van der Waals surface area contributed by atoms with Crippen molar-refractivity contribution in [2.45, 2.75) is 44.2 Å². The van der Waals surface area contributed by atoms with Crippen molar-refractivity contribution in [3.05, 3.63) is 34.3 Å².